The highest BCUT2D eigenvalue weighted by Crippen LogP contribution is 2.49. The van der Waals surface area contributed by atoms with Gasteiger partial charge in [0.2, 0.25) is 0 Å². The third-order valence-corrected chi connectivity index (χ3v) is 9.38. The lowest BCUT2D eigenvalue weighted by Crippen LogP contribution is -2.55. The number of aromatic nitrogens is 6. The Labute approximate surface area is 293 Å². The third kappa shape index (κ3) is 6.92. The van der Waals surface area contributed by atoms with Crippen molar-refractivity contribution < 1.29 is 36.3 Å². The molecule has 1 aliphatic heterocycles. The van der Waals surface area contributed by atoms with Gasteiger partial charge in [-0.1, -0.05) is 55.8 Å². The second kappa shape index (κ2) is 13.0. The molecule has 6 rings (SSSR count). The second-order valence-electron chi connectivity index (χ2n) is 13.9. The highest BCUT2D eigenvalue weighted by Gasteiger charge is 2.65. The van der Waals surface area contributed by atoms with Gasteiger partial charge in [0.05, 0.1) is 34.8 Å². The average molecular weight is 737 g/mol. The van der Waals surface area contributed by atoms with Crippen molar-refractivity contribution in [1.82, 2.24) is 45.3 Å². The first-order valence-electron chi connectivity index (χ1n) is 15.9. The molecular formula is C32H34ClF5N10O3. The van der Waals surface area contributed by atoms with Crippen LogP contribution in [0.25, 0.3) is 11.4 Å². The fourth-order valence-corrected chi connectivity index (χ4v) is 6.76. The summed E-state index contributed by atoms with van der Waals surface area (Å²) in [4.78, 5) is 32.4. The zero-order chi connectivity index (χ0) is 36.9. The summed E-state index contributed by atoms with van der Waals surface area (Å²) in [6.07, 6.45) is 0.449. The van der Waals surface area contributed by atoms with Gasteiger partial charge < -0.3 is 15.4 Å². The Morgan fingerprint density at radius 2 is 1.98 bits per heavy atom. The lowest BCUT2D eigenvalue weighted by molar-refractivity contribution is -0.164. The smallest absolute Gasteiger partial charge is 0.411 e. The summed E-state index contributed by atoms with van der Waals surface area (Å²) < 4.78 is 76.2. The number of rotatable bonds is 10. The molecule has 2 aliphatic carbocycles. The maximum Gasteiger partial charge on any atom is 0.411 e. The van der Waals surface area contributed by atoms with E-state index in [4.69, 9.17) is 21.7 Å². The topological polar surface area (TPSA) is 156 Å². The Balaban J connectivity index is 1.38. The van der Waals surface area contributed by atoms with E-state index in [1.807, 2.05) is 38.2 Å². The van der Waals surface area contributed by atoms with Gasteiger partial charge in [-0.25, -0.2) is 27.9 Å². The van der Waals surface area contributed by atoms with Crippen LogP contribution in [0.3, 0.4) is 0 Å². The number of hydrogen-bond acceptors (Lipinski definition) is 8. The Morgan fingerprint density at radius 1 is 1.24 bits per heavy atom. The normalized spacial score (nSPS) is 22.2. The van der Waals surface area contributed by atoms with Gasteiger partial charge in [-0.2, -0.15) is 18.3 Å². The first-order chi connectivity index (χ1) is 23.9. The van der Waals surface area contributed by atoms with Gasteiger partial charge in [0.1, 0.15) is 24.0 Å². The Hall–Kier alpha value is -4.87. The van der Waals surface area contributed by atoms with Gasteiger partial charge in [-0.15, -0.1) is 5.10 Å². The number of halogens is 6. The quantitative estimate of drug-likeness (QED) is 0.215. The van der Waals surface area contributed by atoms with Gasteiger partial charge in [0.15, 0.2) is 11.8 Å². The number of ether oxygens (including phenoxy) is 1. The van der Waals surface area contributed by atoms with E-state index in [1.54, 1.807) is 17.0 Å². The number of allylic oxidation sites excluding steroid dienone is 3. The van der Waals surface area contributed by atoms with Crippen LogP contribution in [0.2, 0.25) is 5.02 Å². The largest absolute Gasteiger partial charge is 0.447 e. The molecule has 13 nitrogen and oxygen atoms in total. The molecule has 3 aliphatic rings. The van der Waals surface area contributed by atoms with Crippen molar-refractivity contribution in [3.63, 3.8) is 0 Å². The highest BCUT2D eigenvalue weighted by atomic mass is 35.5. The minimum absolute atomic E-state index is 0.0187. The molecule has 3 aromatic rings. The summed E-state index contributed by atoms with van der Waals surface area (Å²) in [5.41, 5.74) is -3.45. The van der Waals surface area contributed by atoms with Crippen LogP contribution in [-0.4, -0.2) is 76.5 Å². The molecule has 1 unspecified atom stereocenters. The predicted octanol–water partition coefficient (Wildman–Crippen LogP) is 5.97. The molecule has 1 saturated carbocycles. The maximum atomic E-state index is 14.9. The minimum Gasteiger partial charge on any atom is -0.447 e. The molecule has 1 aromatic carbocycles. The number of carbonyl (C=O) groups excluding carboxylic acids is 2. The number of alkyl carbamates (subject to hydrolysis) is 1. The fraction of sp³-hybridized carbons (Fsp3) is 0.469. The number of carbonyl (C=O) groups is 2. The van der Waals surface area contributed by atoms with Crippen LogP contribution < -0.4 is 10.6 Å². The molecule has 3 heterocycles. The van der Waals surface area contributed by atoms with Crippen molar-refractivity contribution in [3.8, 4) is 5.69 Å². The SMILES string of the molecule is CC(C)(C)C[C@]1(C2C=CC(n3ccnn3)=CC2)NC(=N)N([C@H](COC(=O)NC2(C(F)(F)F)CC2)c2ccc(Cl)c(-n3ncnc3C(F)F)c2)C1=O. The van der Waals surface area contributed by atoms with E-state index < -0.39 is 65.5 Å². The van der Waals surface area contributed by atoms with Crippen LogP contribution >= 0.6 is 11.6 Å². The standard InChI is InChI=1S/C32H34ClF5N10O3/c1-29(2,3)16-31(19-5-7-20(8-6-19)46-13-12-41-45-46)26(49)47(27(39)43-31)23(15-51-28(50)44-30(10-11-30)32(36,37)38)18-4-9-21(33)22(14-18)48-25(24(34)35)40-17-42-48/h4-5,7-9,12-14,17,19,23-24H,6,10-11,15-16H2,1-3H3,(H2,39,43)(H,44,50)/t19?,23-,31-/m1/s1. The Morgan fingerprint density at radius 3 is 2.57 bits per heavy atom. The van der Waals surface area contributed by atoms with E-state index in [9.17, 15) is 31.5 Å². The highest BCUT2D eigenvalue weighted by molar-refractivity contribution is 6.32. The second-order valence-corrected chi connectivity index (χ2v) is 14.3. The first-order valence-corrected chi connectivity index (χ1v) is 16.3. The van der Waals surface area contributed by atoms with E-state index in [2.05, 4.69) is 25.7 Å². The van der Waals surface area contributed by atoms with E-state index in [0.29, 0.717) is 6.42 Å². The summed E-state index contributed by atoms with van der Waals surface area (Å²) in [5.74, 6) is -2.14. The Bertz CT molecular complexity index is 1880. The van der Waals surface area contributed by atoms with Crippen molar-refractivity contribution in [2.45, 2.75) is 76.2 Å². The molecule has 0 spiro atoms. The summed E-state index contributed by atoms with van der Waals surface area (Å²) in [6, 6.07) is 2.78. The average Bonchev–Trinajstić information content (AvgIpc) is 3.38. The molecule has 51 heavy (non-hydrogen) atoms. The van der Waals surface area contributed by atoms with Crippen molar-refractivity contribution >= 4 is 35.3 Å². The van der Waals surface area contributed by atoms with Crippen molar-refractivity contribution in [2.24, 2.45) is 11.3 Å². The van der Waals surface area contributed by atoms with Crippen LogP contribution in [0, 0.1) is 16.7 Å². The number of benzene rings is 1. The summed E-state index contributed by atoms with van der Waals surface area (Å²) in [5, 5.41) is 25.8. The van der Waals surface area contributed by atoms with Crippen molar-refractivity contribution in [1.29, 1.82) is 5.41 Å². The van der Waals surface area contributed by atoms with E-state index >= 15 is 0 Å². The number of amides is 2. The molecule has 19 heteroatoms. The number of hydrogen-bond donors (Lipinski definition) is 3. The zero-order valence-electron chi connectivity index (χ0n) is 27.6. The maximum absolute atomic E-state index is 14.9. The Kier molecular flexibility index (Phi) is 9.18. The monoisotopic (exact) mass is 736 g/mol. The van der Waals surface area contributed by atoms with Crippen LogP contribution in [-0.2, 0) is 9.53 Å². The molecule has 2 aromatic heterocycles. The van der Waals surface area contributed by atoms with Crippen LogP contribution in [0.15, 0.2) is 55.1 Å². The molecule has 3 atom stereocenters. The van der Waals surface area contributed by atoms with E-state index in [1.165, 1.54) is 24.4 Å². The lowest BCUT2D eigenvalue weighted by Gasteiger charge is -2.39. The van der Waals surface area contributed by atoms with E-state index in [0.717, 1.165) is 21.6 Å². The van der Waals surface area contributed by atoms with Crippen LogP contribution in [0.1, 0.15) is 70.3 Å². The number of guanidine groups is 1. The summed E-state index contributed by atoms with van der Waals surface area (Å²) in [6.45, 7) is 5.09. The fourth-order valence-electron chi connectivity index (χ4n) is 6.56. The lowest BCUT2D eigenvalue weighted by atomic mass is 9.70. The predicted molar refractivity (Wildman–Crippen MR) is 173 cm³/mol. The summed E-state index contributed by atoms with van der Waals surface area (Å²) in [7, 11) is 0. The molecule has 2 fully saturated rings. The molecule has 3 N–H and O–H groups in total. The van der Waals surface area contributed by atoms with Gasteiger partial charge in [-0.05, 0) is 54.9 Å². The third-order valence-electron chi connectivity index (χ3n) is 9.06. The summed E-state index contributed by atoms with van der Waals surface area (Å²) >= 11 is 6.41. The van der Waals surface area contributed by atoms with Gasteiger partial charge in [0.25, 0.3) is 12.3 Å². The van der Waals surface area contributed by atoms with Gasteiger partial charge in [0, 0.05) is 5.92 Å². The molecule has 1 saturated heterocycles. The zero-order valence-corrected chi connectivity index (χ0v) is 28.3. The van der Waals surface area contributed by atoms with Crippen LogP contribution in [0.4, 0.5) is 26.7 Å². The van der Waals surface area contributed by atoms with Crippen molar-refractivity contribution in [2.75, 3.05) is 6.61 Å². The van der Waals surface area contributed by atoms with Gasteiger partial charge in [-0.3, -0.25) is 15.1 Å². The molecular weight excluding hydrogens is 703 g/mol. The minimum atomic E-state index is -4.71. The molecule has 272 valence electrons. The van der Waals surface area contributed by atoms with E-state index in [-0.39, 0.29) is 41.5 Å². The van der Waals surface area contributed by atoms with Gasteiger partial charge >= 0.3 is 12.3 Å². The molecule has 2 amide bonds. The van der Waals surface area contributed by atoms with Crippen LogP contribution in [0.5, 0.6) is 0 Å². The first kappa shape index (κ1) is 35.9. The molecule has 0 bridgehead atoms. The molecule has 0 radical (unpaired) electrons. The number of nitrogens with one attached hydrogen (secondary N) is 3. The number of nitrogens with zero attached hydrogens (tertiary/aromatic N) is 7. The number of alkyl halides is 5. The van der Waals surface area contributed by atoms with Crippen molar-refractivity contribution in [3.05, 3.63) is 71.6 Å².